The summed E-state index contributed by atoms with van der Waals surface area (Å²) < 4.78 is 5.21. The van der Waals surface area contributed by atoms with Crippen LogP contribution in [-0.2, 0) is 6.42 Å². The van der Waals surface area contributed by atoms with Gasteiger partial charge in [0, 0.05) is 6.04 Å². The summed E-state index contributed by atoms with van der Waals surface area (Å²) >= 11 is 0. The van der Waals surface area contributed by atoms with Gasteiger partial charge in [0.05, 0.1) is 7.11 Å². The maximum atomic E-state index is 5.21. The third-order valence-corrected chi connectivity index (χ3v) is 4.23. The number of nitrogens with one attached hydrogen (secondary N) is 1. The number of likely N-dealkylation sites (N-methyl/N-ethyl adjacent to an activating group) is 1. The van der Waals surface area contributed by atoms with Crippen LogP contribution >= 0.6 is 0 Å². The largest absolute Gasteiger partial charge is 0.497 e. The highest BCUT2D eigenvalue weighted by atomic mass is 16.5. The Hall–Kier alpha value is -1.02. The molecular weight excluding hydrogens is 234 g/mol. The van der Waals surface area contributed by atoms with Crippen molar-refractivity contribution < 1.29 is 4.74 Å². The first-order valence-corrected chi connectivity index (χ1v) is 7.68. The molecule has 0 heterocycles. The molecule has 0 amide bonds. The molecule has 1 N–H and O–H groups in total. The Morgan fingerprint density at radius 2 is 1.89 bits per heavy atom. The summed E-state index contributed by atoms with van der Waals surface area (Å²) in [5.74, 6) is 1.89. The highest BCUT2D eigenvalue weighted by Gasteiger charge is 2.19. The van der Waals surface area contributed by atoms with Crippen molar-refractivity contribution >= 4 is 0 Å². The van der Waals surface area contributed by atoms with Crippen LogP contribution in [0.2, 0.25) is 0 Å². The number of benzene rings is 1. The Balaban J connectivity index is 1.90. The molecule has 19 heavy (non-hydrogen) atoms. The van der Waals surface area contributed by atoms with Crippen molar-refractivity contribution in [2.45, 2.75) is 51.5 Å². The van der Waals surface area contributed by atoms with Gasteiger partial charge in [-0.15, -0.1) is 0 Å². The van der Waals surface area contributed by atoms with Gasteiger partial charge in [0.1, 0.15) is 5.75 Å². The minimum atomic E-state index is 0.626. The molecule has 0 spiro atoms. The molecule has 1 aliphatic rings. The fourth-order valence-corrected chi connectivity index (χ4v) is 3.22. The second-order valence-corrected chi connectivity index (χ2v) is 5.69. The molecule has 106 valence electrons. The monoisotopic (exact) mass is 261 g/mol. The van der Waals surface area contributed by atoms with Gasteiger partial charge in [0.15, 0.2) is 0 Å². The number of methoxy groups -OCH3 is 1. The topological polar surface area (TPSA) is 21.3 Å². The number of ether oxygens (including phenoxy) is 1. The van der Waals surface area contributed by atoms with Gasteiger partial charge < -0.3 is 10.1 Å². The molecule has 1 aromatic carbocycles. The lowest BCUT2D eigenvalue weighted by molar-refractivity contribution is 0.389. The summed E-state index contributed by atoms with van der Waals surface area (Å²) in [5, 5.41) is 3.66. The van der Waals surface area contributed by atoms with E-state index in [9.17, 15) is 0 Å². The third-order valence-electron chi connectivity index (χ3n) is 4.23. The maximum Gasteiger partial charge on any atom is 0.118 e. The Kier molecular flexibility index (Phi) is 5.71. The van der Waals surface area contributed by atoms with Crippen LogP contribution in [0, 0.1) is 5.92 Å². The van der Waals surface area contributed by atoms with E-state index >= 15 is 0 Å². The molecule has 2 heteroatoms. The van der Waals surface area contributed by atoms with E-state index in [1.165, 1.54) is 37.7 Å². The van der Waals surface area contributed by atoms with Crippen molar-refractivity contribution in [1.82, 2.24) is 5.32 Å². The first kappa shape index (κ1) is 14.4. The smallest absolute Gasteiger partial charge is 0.118 e. The number of hydrogen-bond donors (Lipinski definition) is 1. The van der Waals surface area contributed by atoms with Crippen LogP contribution in [0.3, 0.4) is 0 Å². The number of rotatable bonds is 7. The third kappa shape index (κ3) is 4.54. The highest BCUT2D eigenvalue weighted by molar-refractivity contribution is 5.27. The molecule has 1 saturated carbocycles. The zero-order chi connectivity index (χ0) is 13.5. The minimum Gasteiger partial charge on any atom is -0.497 e. The highest BCUT2D eigenvalue weighted by Crippen LogP contribution is 2.29. The van der Waals surface area contributed by atoms with Gasteiger partial charge in [0.25, 0.3) is 0 Å². The molecule has 1 unspecified atom stereocenters. The van der Waals surface area contributed by atoms with E-state index in [0.29, 0.717) is 6.04 Å². The standard InChI is InChI=1S/C17H27NO/c1-3-18-16(12-14-6-4-5-7-14)13-15-8-10-17(19-2)11-9-15/h8-11,14,16,18H,3-7,12-13H2,1-2H3. The maximum absolute atomic E-state index is 5.21. The molecule has 2 nitrogen and oxygen atoms in total. The Bertz CT molecular complexity index is 354. The predicted octanol–water partition coefficient (Wildman–Crippen LogP) is 3.80. The van der Waals surface area contributed by atoms with Gasteiger partial charge in [-0.1, -0.05) is 44.7 Å². The lowest BCUT2D eigenvalue weighted by Crippen LogP contribution is -2.32. The fraction of sp³-hybridized carbons (Fsp3) is 0.647. The van der Waals surface area contributed by atoms with Crippen LogP contribution < -0.4 is 10.1 Å². The van der Waals surface area contributed by atoms with Crippen LogP contribution in [0.5, 0.6) is 5.75 Å². The molecule has 0 radical (unpaired) electrons. The van der Waals surface area contributed by atoms with Crippen molar-refractivity contribution in [3.63, 3.8) is 0 Å². The second-order valence-electron chi connectivity index (χ2n) is 5.69. The molecule has 0 aliphatic heterocycles. The van der Waals surface area contributed by atoms with Crippen LogP contribution in [-0.4, -0.2) is 19.7 Å². The van der Waals surface area contributed by atoms with Gasteiger partial charge in [0.2, 0.25) is 0 Å². The Morgan fingerprint density at radius 1 is 1.21 bits per heavy atom. The van der Waals surface area contributed by atoms with Crippen LogP contribution in [0.15, 0.2) is 24.3 Å². The normalized spacial score (nSPS) is 17.6. The van der Waals surface area contributed by atoms with Gasteiger partial charge in [-0.25, -0.2) is 0 Å². The molecular formula is C17H27NO. The summed E-state index contributed by atoms with van der Waals surface area (Å²) in [6.45, 7) is 3.27. The van der Waals surface area contributed by atoms with Crippen molar-refractivity contribution in [2.75, 3.05) is 13.7 Å². The molecule has 0 saturated heterocycles. The van der Waals surface area contributed by atoms with E-state index in [-0.39, 0.29) is 0 Å². The zero-order valence-electron chi connectivity index (χ0n) is 12.3. The van der Waals surface area contributed by atoms with E-state index in [1.807, 2.05) is 0 Å². The van der Waals surface area contributed by atoms with Crippen LogP contribution in [0.1, 0.15) is 44.6 Å². The summed E-state index contributed by atoms with van der Waals surface area (Å²) in [6, 6.07) is 9.14. The van der Waals surface area contributed by atoms with Crippen LogP contribution in [0.4, 0.5) is 0 Å². The Labute approximate surface area is 117 Å². The lowest BCUT2D eigenvalue weighted by atomic mass is 9.94. The molecule has 1 atom stereocenters. The van der Waals surface area contributed by atoms with E-state index in [2.05, 4.69) is 36.5 Å². The van der Waals surface area contributed by atoms with Crippen molar-refractivity contribution in [3.8, 4) is 5.75 Å². The van der Waals surface area contributed by atoms with Gasteiger partial charge >= 0.3 is 0 Å². The first-order chi connectivity index (χ1) is 9.31. The lowest BCUT2D eigenvalue weighted by Gasteiger charge is -2.21. The summed E-state index contributed by atoms with van der Waals surface area (Å²) in [6.07, 6.45) is 8.21. The zero-order valence-corrected chi connectivity index (χ0v) is 12.3. The van der Waals surface area contributed by atoms with E-state index in [1.54, 1.807) is 7.11 Å². The average molecular weight is 261 g/mol. The van der Waals surface area contributed by atoms with E-state index in [0.717, 1.165) is 24.6 Å². The van der Waals surface area contributed by atoms with E-state index in [4.69, 9.17) is 4.74 Å². The summed E-state index contributed by atoms with van der Waals surface area (Å²) in [5.41, 5.74) is 1.41. The van der Waals surface area contributed by atoms with Gasteiger partial charge in [-0.05, 0) is 43.0 Å². The Morgan fingerprint density at radius 3 is 2.47 bits per heavy atom. The van der Waals surface area contributed by atoms with Gasteiger partial charge in [-0.3, -0.25) is 0 Å². The quantitative estimate of drug-likeness (QED) is 0.806. The van der Waals surface area contributed by atoms with E-state index < -0.39 is 0 Å². The molecule has 1 aromatic rings. The SMILES string of the molecule is CCNC(Cc1ccc(OC)cc1)CC1CCCC1. The summed E-state index contributed by atoms with van der Waals surface area (Å²) in [4.78, 5) is 0. The van der Waals surface area contributed by atoms with Crippen molar-refractivity contribution in [1.29, 1.82) is 0 Å². The van der Waals surface area contributed by atoms with Gasteiger partial charge in [-0.2, -0.15) is 0 Å². The molecule has 0 bridgehead atoms. The molecule has 2 rings (SSSR count). The predicted molar refractivity (Wildman–Crippen MR) is 80.7 cm³/mol. The number of hydrogen-bond acceptors (Lipinski definition) is 2. The minimum absolute atomic E-state index is 0.626. The van der Waals surface area contributed by atoms with Crippen molar-refractivity contribution in [2.24, 2.45) is 5.92 Å². The molecule has 1 fully saturated rings. The second kappa shape index (κ2) is 7.54. The summed E-state index contributed by atoms with van der Waals surface area (Å²) in [7, 11) is 1.72. The average Bonchev–Trinajstić information content (AvgIpc) is 2.93. The first-order valence-electron chi connectivity index (χ1n) is 7.68. The van der Waals surface area contributed by atoms with Crippen LogP contribution in [0.25, 0.3) is 0 Å². The molecule has 1 aliphatic carbocycles. The van der Waals surface area contributed by atoms with Crippen molar-refractivity contribution in [3.05, 3.63) is 29.8 Å². The fourth-order valence-electron chi connectivity index (χ4n) is 3.22. The molecule has 0 aromatic heterocycles.